The van der Waals surface area contributed by atoms with Gasteiger partial charge in [0.2, 0.25) is 5.91 Å². The van der Waals surface area contributed by atoms with Crippen LogP contribution >= 0.6 is 0 Å². The molecule has 1 aliphatic heterocycles. The first-order chi connectivity index (χ1) is 15.9. The Morgan fingerprint density at radius 2 is 2.03 bits per heavy atom. The summed E-state index contributed by atoms with van der Waals surface area (Å²) in [4.78, 5) is 12.7. The molecule has 0 radical (unpaired) electrons. The number of benzene rings is 1. The summed E-state index contributed by atoms with van der Waals surface area (Å²) in [5.41, 5.74) is 3.38. The van der Waals surface area contributed by atoms with Gasteiger partial charge in [0.25, 0.3) is 0 Å². The average Bonchev–Trinajstić information content (AvgIpc) is 3.40. The fourth-order valence-corrected chi connectivity index (χ4v) is 4.11. The van der Waals surface area contributed by atoms with Crippen LogP contribution in [0.3, 0.4) is 0 Å². The van der Waals surface area contributed by atoms with Gasteiger partial charge in [0.15, 0.2) is 23.0 Å². The molecular formula is C23H25N7O3. The smallest absolute Gasteiger partial charge is 0.226 e. The molecule has 0 saturated heterocycles. The van der Waals surface area contributed by atoms with E-state index < -0.39 is 0 Å². The van der Waals surface area contributed by atoms with Gasteiger partial charge in [-0.1, -0.05) is 19.9 Å². The second kappa shape index (κ2) is 8.19. The predicted octanol–water partition coefficient (Wildman–Crippen LogP) is 3.14. The average molecular weight is 447 g/mol. The van der Waals surface area contributed by atoms with Gasteiger partial charge in [-0.2, -0.15) is 14.3 Å². The van der Waals surface area contributed by atoms with E-state index in [4.69, 9.17) is 14.6 Å². The summed E-state index contributed by atoms with van der Waals surface area (Å²) in [6, 6.07) is 9.44. The fourth-order valence-electron chi connectivity index (χ4n) is 4.11. The van der Waals surface area contributed by atoms with E-state index in [1.54, 1.807) is 22.4 Å². The number of carbonyl (C=O) groups is 1. The minimum absolute atomic E-state index is 0.0838. The third kappa shape index (κ3) is 3.77. The fraction of sp³-hybridized carbons (Fsp3) is 0.348. The molecule has 0 spiro atoms. The van der Waals surface area contributed by atoms with Crippen molar-refractivity contribution in [2.24, 2.45) is 5.92 Å². The van der Waals surface area contributed by atoms with E-state index in [2.05, 4.69) is 34.5 Å². The van der Waals surface area contributed by atoms with Crippen molar-refractivity contribution in [1.29, 1.82) is 0 Å². The predicted molar refractivity (Wildman–Crippen MR) is 121 cm³/mol. The lowest BCUT2D eigenvalue weighted by molar-refractivity contribution is -0.116. The lowest BCUT2D eigenvalue weighted by atomic mass is 9.85. The first-order valence-electron chi connectivity index (χ1n) is 10.8. The molecule has 4 heterocycles. The molecular weight excluding hydrogens is 422 g/mol. The van der Waals surface area contributed by atoms with Crippen LogP contribution in [0.25, 0.3) is 11.5 Å². The minimum Gasteiger partial charge on any atom is -0.493 e. The molecule has 1 unspecified atom stereocenters. The number of amides is 1. The Balaban J connectivity index is 1.58. The zero-order valence-corrected chi connectivity index (χ0v) is 18.9. The molecule has 0 aliphatic carbocycles. The highest BCUT2D eigenvalue weighted by Crippen LogP contribution is 2.42. The van der Waals surface area contributed by atoms with E-state index in [9.17, 15) is 4.79 Å². The highest BCUT2D eigenvalue weighted by Gasteiger charge is 2.33. The van der Waals surface area contributed by atoms with Crippen molar-refractivity contribution in [1.82, 2.24) is 29.6 Å². The Kier molecular flexibility index (Phi) is 5.20. The standard InChI is InChI=1S/C23H25N7O3/c1-13(2)11-33-18-9-15(5-6-17(18)32-4)16-10-21(31)25-23-22(16)14(3)27-30(23)20-8-7-19-26-24-12-29(19)28-20/h5-9,12-13,16H,10-11H2,1-4H3,(H,25,31). The maximum Gasteiger partial charge on any atom is 0.226 e. The van der Waals surface area contributed by atoms with Gasteiger partial charge in [-0.25, -0.2) is 0 Å². The molecule has 10 heteroatoms. The van der Waals surface area contributed by atoms with Gasteiger partial charge in [0.05, 0.1) is 19.4 Å². The van der Waals surface area contributed by atoms with Gasteiger partial charge >= 0.3 is 0 Å². The summed E-state index contributed by atoms with van der Waals surface area (Å²) >= 11 is 0. The lowest BCUT2D eigenvalue weighted by Gasteiger charge is -2.25. The monoisotopic (exact) mass is 447 g/mol. The van der Waals surface area contributed by atoms with Crippen LogP contribution in [0, 0.1) is 12.8 Å². The number of hydrogen-bond acceptors (Lipinski definition) is 7. The molecule has 5 rings (SSSR count). The number of hydrogen-bond donors (Lipinski definition) is 1. The molecule has 33 heavy (non-hydrogen) atoms. The first-order valence-corrected chi connectivity index (χ1v) is 10.8. The Morgan fingerprint density at radius 3 is 2.82 bits per heavy atom. The summed E-state index contributed by atoms with van der Waals surface area (Å²) < 4.78 is 14.7. The van der Waals surface area contributed by atoms with Crippen LogP contribution in [-0.4, -0.2) is 49.2 Å². The molecule has 1 aromatic carbocycles. The molecule has 3 aromatic heterocycles. The third-order valence-corrected chi connectivity index (χ3v) is 5.63. The zero-order chi connectivity index (χ0) is 23.1. The van der Waals surface area contributed by atoms with E-state index in [-0.39, 0.29) is 11.8 Å². The number of rotatable bonds is 6. The Morgan fingerprint density at radius 1 is 1.18 bits per heavy atom. The summed E-state index contributed by atoms with van der Waals surface area (Å²) in [7, 11) is 1.62. The Labute approximate surface area is 190 Å². The molecule has 10 nitrogen and oxygen atoms in total. The summed E-state index contributed by atoms with van der Waals surface area (Å²) in [5.74, 6) is 2.63. The van der Waals surface area contributed by atoms with E-state index >= 15 is 0 Å². The molecule has 1 amide bonds. The van der Waals surface area contributed by atoms with Crippen molar-refractivity contribution >= 4 is 17.4 Å². The molecule has 170 valence electrons. The SMILES string of the molecule is COc1ccc(C2CC(=O)Nc3c2c(C)nn3-c2ccc3nncn3n2)cc1OCC(C)C. The zero-order valence-electron chi connectivity index (χ0n) is 18.9. The van der Waals surface area contributed by atoms with E-state index in [1.807, 2.05) is 31.2 Å². The minimum atomic E-state index is -0.173. The molecule has 4 aromatic rings. The maximum absolute atomic E-state index is 12.7. The van der Waals surface area contributed by atoms with Crippen molar-refractivity contribution in [3.05, 3.63) is 53.5 Å². The van der Waals surface area contributed by atoms with Crippen molar-refractivity contribution in [2.45, 2.75) is 33.1 Å². The van der Waals surface area contributed by atoms with Crippen LogP contribution in [0.15, 0.2) is 36.7 Å². The van der Waals surface area contributed by atoms with Gasteiger partial charge < -0.3 is 14.8 Å². The quantitative estimate of drug-likeness (QED) is 0.484. The van der Waals surface area contributed by atoms with E-state index in [0.717, 1.165) is 16.8 Å². The number of ether oxygens (including phenoxy) is 2. The van der Waals surface area contributed by atoms with Gasteiger partial charge in [0.1, 0.15) is 12.1 Å². The van der Waals surface area contributed by atoms with E-state index in [1.165, 1.54) is 6.33 Å². The van der Waals surface area contributed by atoms with Crippen LogP contribution in [0.4, 0.5) is 5.82 Å². The Hall–Kier alpha value is -3.95. The number of fused-ring (bicyclic) bond motifs is 2. The summed E-state index contributed by atoms with van der Waals surface area (Å²) in [6.45, 7) is 6.70. The van der Waals surface area contributed by atoms with Crippen LogP contribution in [-0.2, 0) is 4.79 Å². The number of aryl methyl sites for hydroxylation is 1. The van der Waals surface area contributed by atoms with Crippen molar-refractivity contribution < 1.29 is 14.3 Å². The topological polar surface area (TPSA) is 108 Å². The van der Waals surface area contributed by atoms with Gasteiger partial charge in [-0.3, -0.25) is 4.79 Å². The van der Waals surface area contributed by atoms with E-state index in [0.29, 0.717) is 47.7 Å². The normalized spacial score (nSPS) is 15.5. The van der Waals surface area contributed by atoms with Crippen molar-refractivity contribution in [3.8, 4) is 17.3 Å². The Bertz CT molecular complexity index is 1340. The molecule has 0 bridgehead atoms. The van der Waals surface area contributed by atoms with Crippen LogP contribution < -0.4 is 14.8 Å². The number of anilines is 1. The highest BCUT2D eigenvalue weighted by atomic mass is 16.5. The number of carbonyl (C=O) groups excluding carboxylic acids is 1. The molecule has 1 N–H and O–H groups in total. The summed E-state index contributed by atoms with van der Waals surface area (Å²) in [6.07, 6.45) is 1.84. The number of nitrogens with one attached hydrogen (secondary N) is 1. The van der Waals surface area contributed by atoms with Crippen molar-refractivity contribution in [3.63, 3.8) is 0 Å². The second-order valence-electron chi connectivity index (χ2n) is 8.50. The van der Waals surface area contributed by atoms with Gasteiger partial charge in [0, 0.05) is 17.9 Å². The summed E-state index contributed by atoms with van der Waals surface area (Å²) in [5, 5.41) is 20.1. The molecule has 1 aliphatic rings. The third-order valence-electron chi connectivity index (χ3n) is 5.63. The number of methoxy groups -OCH3 is 1. The lowest BCUT2D eigenvalue weighted by Crippen LogP contribution is -2.25. The van der Waals surface area contributed by atoms with Crippen LogP contribution in [0.5, 0.6) is 11.5 Å². The first kappa shape index (κ1) is 20.9. The largest absolute Gasteiger partial charge is 0.493 e. The molecule has 1 atom stereocenters. The van der Waals surface area contributed by atoms with Gasteiger partial charge in [-0.05, 0) is 42.7 Å². The second-order valence-corrected chi connectivity index (χ2v) is 8.50. The van der Waals surface area contributed by atoms with Crippen LogP contribution in [0.1, 0.15) is 43.0 Å². The molecule has 0 saturated carbocycles. The highest BCUT2D eigenvalue weighted by molar-refractivity contribution is 5.95. The number of nitrogens with zero attached hydrogens (tertiary/aromatic N) is 6. The number of aromatic nitrogens is 6. The molecule has 0 fully saturated rings. The van der Waals surface area contributed by atoms with Gasteiger partial charge in [-0.15, -0.1) is 15.3 Å². The van der Waals surface area contributed by atoms with Crippen LogP contribution in [0.2, 0.25) is 0 Å². The van der Waals surface area contributed by atoms with Crippen molar-refractivity contribution in [2.75, 3.05) is 19.0 Å². The maximum atomic E-state index is 12.7.